The summed E-state index contributed by atoms with van der Waals surface area (Å²) in [4.78, 5) is 16.9. The van der Waals surface area contributed by atoms with Crippen molar-refractivity contribution in [3.8, 4) is 0 Å². The topological polar surface area (TPSA) is 41.5 Å². The molecule has 0 saturated heterocycles. The molecule has 0 radical (unpaired) electrons. The number of carbonyl (C=O) groups is 1. The highest BCUT2D eigenvalue weighted by molar-refractivity contribution is 5.95. The van der Waals surface area contributed by atoms with Crippen LogP contribution in [0.15, 0.2) is 70.5 Å². The lowest BCUT2D eigenvalue weighted by Crippen LogP contribution is -2.24. The van der Waals surface area contributed by atoms with E-state index in [9.17, 15) is 4.79 Å². The fourth-order valence-electron chi connectivity index (χ4n) is 2.56. The maximum absolute atomic E-state index is 12.3. The Balaban J connectivity index is 1.87. The van der Waals surface area contributed by atoms with E-state index in [0.717, 1.165) is 37.1 Å². The van der Waals surface area contributed by atoms with Crippen LogP contribution in [0.3, 0.4) is 0 Å². The van der Waals surface area contributed by atoms with Crippen LogP contribution in [0.2, 0.25) is 0 Å². The first-order valence-corrected chi connectivity index (χ1v) is 7.31. The molecule has 3 nitrogen and oxygen atoms in total. The van der Waals surface area contributed by atoms with Gasteiger partial charge in [0.2, 0.25) is 0 Å². The molecule has 0 aromatic heterocycles. The molecule has 1 aromatic rings. The first kappa shape index (κ1) is 13.6. The zero-order valence-corrected chi connectivity index (χ0v) is 11.9. The van der Waals surface area contributed by atoms with Gasteiger partial charge in [-0.3, -0.25) is 9.79 Å². The molecular formula is C18H18N2O. The van der Waals surface area contributed by atoms with Crippen molar-refractivity contribution in [3.05, 3.63) is 71.1 Å². The molecule has 0 spiro atoms. The molecule has 21 heavy (non-hydrogen) atoms. The van der Waals surface area contributed by atoms with E-state index in [0.29, 0.717) is 5.56 Å². The van der Waals surface area contributed by atoms with Crippen molar-refractivity contribution in [3.63, 3.8) is 0 Å². The maximum Gasteiger partial charge on any atom is 0.255 e. The van der Waals surface area contributed by atoms with E-state index in [1.807, 2.05) is 42.6 Å². The Kier molecular flexibility index (Phi) is 4.10. The maximum atomic E-state index is 12.3. The number of carbonyl (C=O) groups excluding carboxylic acids is 1. The summed E-state index contributed by atoms with van der Waals surface area (Å²) >= 11 is 0. The van der Waals surface area contributed by atoms with E-state index in [-0.39, 0.29) is 5.91 Å². The summed E-state index contributed by atoms with van der Waals surface area (Å²) < 4.78 is 0. The number of benzene rings is 1. The van der Waals surface area contributed by atoms with Gasteiger partial charge in [0.15, 0.2) is 0 Å². The average molecular weight is 278 g/mol. The Labute approximate surface area is 124 Å². The molecule has 1 amide bonds. The lowest BCUT2D eigenvalue weighted by atomic mass is 9.98. The number of amides is 1. The molecule has 1 aromatic carbocycles. The van der Waals surface area contributed by atoms with Gasteiger partial charge in [-0.1, -0.05) is 36.4 Å². The molecule has 0 bridgehead atoms. The van der Waals surface area contributed by atoms with Crippen molar-refractivity contribution < 1.29 is 4.79 Å². The molecule has 1 N–H and O–H groups in total. The van der Waals surface area contributed by atoms with Crippen LogP contribution in [0.4, 0.5) is 0 Å². The molecule has 1 heterocycles. The summed E-state index contributed by atoms with van der Waals surface area (Å²) in [5.74, 6) is -0.0842. The van der Waals surface area contributed by atoms with Gasteiger partial charge in [0.1, 0.15) is 0 Å². The van der Waals surface area contributed by atoms with E-state index in [1.54, 1.807) is 0 Å². The van der Waals surface area contributed by atoms with Gasteiger partial charge in [-0.25, -0.2) is 0 Å². The number of nitrogens with zero attached hydrogens (tertiary/aromatic N) is 1. The zero-order valence-electron chi connectivity index (χ0n) is 11.9. The number of aliphatic imine (C=N–C) groups is 1. The van der Waals surface area contributed by atoms with Crippen molar-refractivity contribution in [1.29, 1.82) is 0 Å². The lowest BCUT2D eigenvalue weighted by Gasteiger charge is -2.19. The normalized spacial score (nSPS) is 21.6. The van der Waals surface area contributed by atoms with E-state index in [4.69, 9.17) is 0 Å². The van der Waals surface area contributed by atoms with Crippen LogP contribution in [0.25, 0.3) is 0 Å². The number of hydrogen-bond donors (Lipinski definition) is 1. The lowest BCUT2D eigenvalue weighted by molar-refractivity contribution is 0.0966. The van der Waals surface area contributed by atoms with Crippen LogP contribution < -0.4 is 5.32 Å². The SMILES string of the molecule is O=C(N/C1=C\C/C=C\CC2=C1N=CCC2)c1ccccc1. The Morgan fingerprint density at radius 3 is 2.86 bits per heavy atom. The van der Waals surface area contributed by atoms with E-state index in [2.05, 4.69) is 22.5 Å². The first-order valence-electron chi connectivity index (χ1n) is 7.31. The number of nitrogens with one attached hydrogen (secondary N) is 1. The molecule has 0 unspecified atom stereocenters. The molecule has 2 aliphatic rings. The van der Waals surface area contributed by atoms with Gasteiger partial charge in [0, 0.05) is 11.8 Å². The van der Waals surface area contributed by atoms with Gasteiger partial charge in [0.05, 0.1) is 11.4 Å². The van der Waals surface area contributed by atoms with Gasteiger partial charge in [0.25, 0.3) is 5.91 Å². The molecule has 3 heteroatoms. The Morgan fingerprint density at radius 2 is 2.00 bits per heavy atom. The average Bonchev–Trinajstić information content (AvgIpc) is 2.52. The third-order valence-corrected chi connectivity index (χ3v) is 3.66. The molecule has 106 valence electrons. The highest BCUT2D eigenvalue weighted by Gasteiger charge is 2.16. The Morgan fingerprint density at radius 1 is 1.14 bits per heavy atom. The molecule has 1 aliphatic heterocycles. The van der Waals surface area contributed by atoms with Crippen molar-refractivity contribution in [1.82, 2.24) is 5.32 Å². The van der Waals surface area contributed by atoms with Gasteiger partial charge >= 0.3 is 0 Å². The van der Waals surface area contributed by atoms with Crippen LogP contribution in [0.1, 0.15) is 36.0 Å². The van der Waals surface area contributed by atoms with E-state index < -0.39 is 0 Å². The van der Waals surface area contributed by atoms with E-state index in [1.165, 1.54) is 5.57 Å². The molecule has 0 fully saturated rings. The third-order valence-electron chi connectivity index (χ3n) is 3.66. The van der Waals surface area contributed by atoms with Crippen LogP contribution in [0.5, 0.6) is 0 Å². The fourth-order valence-corrected chi connectivity index (χ4v) is 2.56. The van der Waals surface area contributed by atoms with Crippen molar-refractivity contribution in [2.24, 2.45) is 4.99 Å². The minimum absolute atomic E-state index is 0.0842. The monoisotopic (exact) mass is 278 g/mol. The molecular weight excluding hydrogens is 260 g/mol. The first-order chi connectivity index (χ1) is 10.3. The summed E-state index contributed by atoms with van der Waals surface area (Å²) in [7, 11) is 0. The highest BCUT2D eigenvalue weighted by Crippen LogP contribution is 2.27. The Bertz CT molecular complexity index is 651. The molecule has 3 rings (SSSR count). The summed E-state index contributed by atoms with van der Waals surface area (Å²) in [6.07, 6.45) is 12.0. The fraction of sp³-hybridized carbons (Fsp3) is 0.222. The summed E-state index contributed by atoms with van der Waals surface area (Å²) in [6.45, 7) is 0. The summed E-state index contributed by atoms with van der Waals surface area (Å²) in [5, 5.41) is 3.02. The quantitative estimate of drug-likeness (QED) is 0.822. The minimum Gasteiger partial charge on any atom is -0.320 e. The van der Waals surface area contributed by atoms with Crippen LogP contribution in [-0.2, 0) is 0 Å². The number of allylic oxidation sites excluding steroid dienone is 4. The Hall–Kier alpha value is -2.42. The molecule has 0 saturated carbocycles. The van der Waals surface area contributed by atoms with E-state index >= 15 is 0 Å². The summed E-state index contributed by atoms with van der Waals surface area (Å²) in [5.41, 5.74) is 3.74. The van der Waals surface area contributed by atoms with Crippen LogP contribution in [0, 0.1) is 0 Å². The van der Waals surface area contributed by atoms with Gasteiger partial charge in [-0.05, 0) is 43.4 Å². The minimum atomic E-state index is -0.0842. The largest absolute Gasteiger partial charge is 0.320 e. The second kappa shape index (κ2) is 6.35. The predicted octanol–water partition coefficient (Wildman–Crippen LogP) is 3.77. The predicted molar refractivity (Wildman–Crippen MR) is 85.1 cm³/mol. The number of hydrogen-bond acceptors (Lipinski definition) is 2. The van der Waals surface area contributed by atoms with Crippen LogP contribution >= 0.6 is 0 Å². The zero-order chi connectivity index (χ0) is 14.5. The summed E-state index contributed by atoms with van der Waals surface area (Å²) in [6, 6.07) is 9.28. The second-order valence-corrected chi connectivity index (χ2v) is 5.15. The highest BCUT2D eigenvalue weighted by atomic mass is 16.1. The van der Waals surface area contributed by atoms with Gasteiger partial charge in [-0.2, -0.15) is 0 Å². The number of rotatable bonds is 2. The molecule has 0 atom stereocenters. The van der Waals surface area contributed by atoms with Crippen molar-refractivity contribution >= 4 is 12.1 Å². The van der Waals surface area contributed by atoms with Crippen molar-refractivity contribution in [2.45, 2.75) is 25.7 Å². The smallest absolute Gasteiger partial charge is 0.255 e. The van der Waals surface area contributed by atoms with Crippen molar-refractivity contribution in [2.75, 3.05) is 0 Å². The third kappa shape index (κ3) is 3.19. The standard InChI is InChI=1S/C18H18N2O/c21-18(15-9-4-1-5-10-15)20-16-12-6-2-3-8-14-11-7-13-19-17(14)16/h1-5,9-10,12-13H,6-8,11H2,(H,20,21)/b3-2-,16-12-. The van der Waals surface area contributed by atoms with Gasteiger partial charge < -0.3 is 5.32 Å². The van der Waals surface area contributed by atoms with Crippen LogP contribution in [-0.4, -0.2) is 12.1 Å². The van der Waals surface area contributed by atoms with Gasteiger partial charge in [-0.15, -0.1) is 0 Å². The second-order valence-electron chi connectivity index (χ2n) is 5.15. The molecule has 1 aliphatic carbocycles.